The Kier molecular flexibility index (Phi) is 5.09. The van der Waals surface area contributed by atoms with Crippen molar-refractivity contribution in [3.8, 4) is 5.75 Å². The van der Waals surface area contributed by atoms with E-state index < -0.39 is 0 Å². The molecule has 1 N–H and O–H groups in total. The van der Waals surface area contributed by atoms with Gasteiger partial charge in [0, 0.05) is 0 Å². The van der Waals surface area contributed by atoms with Gasteiger partial charge >= 0.3 is 0 Å². The number of hydrazone groups is 1. The van der Waals surface area contributed by atoms with E-state index in [9.17, 15) is 4.79 Å². The molecule has 3 aromatic carbocycles. The van der Waals surface area contributed by atoms with E-state index in [1.807, 2.05) is 73.7 Å². The molecule has 3 rings (SSSR count). The second-order valence-corrected chi connectivity index (χ2v) is 5.84. The van der Waals surface area contributed by atoms with E-state index in [0.717, 1.165) is 27.6 Å². The molecule has 0 spiro atoms. The molecule has 4 nitrogen and oxygen atoms in total. The summed E-state index contributed by atoms with van der Waals surface area (Å²) in [5, 5.41) is 6.19. The summed E-state index contributed by atoms with van der Waals surface area (Å²) < 4.78 is 5.24. The SMILES string of the molecule is COc1ccc2cc([C@H](C)C(=O)N/N=C/c3ccccc3)ccc2c1. The van der Waals surface area contributed by atoms with Crippen LogP contribution < -0.4 is 10.2 Å². The van der Waals surface area contributed by atoms with Gasteiger partial charge < -0.3 is 4.74 Å². The Morgan fingerprint density at radius 1 is 1.04 bits per heavy atom. The lowest BCUT2D eigenvalue weighted by Gasteiger charge is -2.11. The van der Waals surface area contributed by atoms with E-state index in [1.54, 1.807) is 13.3 Å². The largest absolute Gasteiger partial charge is 0.497 e. The van der Waals surface area contributed by atoms with E-state index in [2.05, 4.69) is 10.5 Å². The Hall–Kier alpha value is -3.14. The molecule has 1 amide bonds. The van der Waals surface area contributed by atoms with E-state index >= 15 is 0 Å². The Labute approximate surface area is 147 Å². The number of hydrogen-bond donors (Lipinski definition) is 1. The molecular formula is C21H20N2O2. The third kappa shape index (κ3) is 4.04. The average Bonchev–Trinajstić information content (AvgIpc) is 2.67. The number of fused-ring (bicyclic) bond motifs is 1. The minimum Gasteiger partial charge on any atom is -0.497 e. The van der Waals surface area contributed by atoms with Crippen LogP contribution in [-0.2, 0) is 4.79 Å². The van der Waals surface area contributed by atoms with Crippen molar-refractivity contribution >= 4 is 22.9 Å². The number of methoxy groups -OCH3 is 1. The topological polar surface area (TPSA) is 50.7 Å². The Balaban J connectivity index is 1.71. The number of ether oxygens (including phenoxy) is 1. The molecule has 4 heteroatoms. The third-order valence-corrected chi connectivity index (χ3v) is 4.15. The van der Waals surface area contributed by atoms with Crippen LogP contribution in [0, 0.1) is 0 Å². The number of carbonyl (C=O) groups excluding carboxylic acids is 1. The molecule has 0 heterocycles. The molecule has 0 unspecified atom stereocenters. The van der Waals surface area contributed by atoms with Crippen molar-refractivity contribution in [2.75, 3.05) is 7.11 Å². The minimum atomic E-state index is -0.292. The molecule has 126 valence electrons. The lowest BCUT2D eigenvalue weighted by atomic mass is 9.97. The molecule has 1 atom stereocenters. The number of nitrogens with one attached hydrogen (secondary N) is 1. The zero-order valence-corrected chi connectivity index (χ0v) is 14.3. The van der Waals surface area contributed by atoms with Gasteiger partial charge in [0.25, 0.3) is 0 Å². The summed E-state index contributed by atoms with van der Waals surface area (Å²) in [4.78, 5) is 12.3. The van der Waals surface area contributed by atoms with Crippen LogP contribution >= 0.6 is 0 Å². The van der Waals surface area contributed by atoms with E-state index in [0.29, 0.717) is 0 Å². The Morgan fingerprint density at radius 2 is 1.76 bits per heavy atom. The monoisotopic (exact) mass is 332 g/mol. The summed E-state index contributed by atoms with van der Waals surface area (Å²) in [5.74, 6) is 0.390. The number of hydrogen-bond acceptors (Lipinski definition) is 3. The fraction of sp³-hybridized carbons (Fsp3) is 0.143. The molecule has 0 fully saturated rings. The lowest BCUT2D eigenvalue weighted by Crippen LogP contribution is -2.23. The first-order valence-electron chi connectivity index (χ1n) is 8.13. The van der Waals surface area contributed by atoms with Crippen molar-refractivity contribution in [2.24, 2.45) is 5.10 Å². The van der Waals surface area contributed by atoms with Gasteiger partial charge in [-0.15, -0.1) is 0 Å². The van der Waals surface area contributed by atoms with E-state index in [4.69, 9.17) is 4.74 Å². The van der Waals surface area contributed by atoms with Gasteiger partial charge in [-0.05, 0) is 41.0 Å². The van der Waals surface area contributed by atoms with Gasteiger partial charge in [-0.1, -0.05) is 54.6 Å². The van der Waals surface area contributed by atoms with Crippen LogP contribution in [0.25, 0.3) is 10.8 Å². The molecule has 3 aromatic rings. The number of nitrogens with zero attached hydrogens (tertiary/aromatic N) is 1. The number of rotatable bonds is 5. The van der Waals surface area contributed by atoms with Crippen LogP contribution in [0.15, 0.2) is 71.8 Å². The first-order valence-corrected chi connectivity index (χ1v) is 8.13. The lowest BCUT2D eigenvalue weighted by molar-refractivity contribution is -0.122. The minimum absolute atomic E-state index is 0.139. The maximum Gasteiger partial charge on any atom is 0.247 e. The first-order chi connectivity index (χ1) is 12.2. The fourth-order valence-electron chi connectivity index (χ4n) is 2.60. The summed E-state index contributed by atoms with van der Waals surface area (Å²) in [6, 6.07) is 21.5. The fourth-order valence-corrected chi connectivity index (χ4v) is 2.60. The molecule has 0 aliphatic carbocycles. The highest BCUT2D eigenvalue weighted by Gasteiger charge is 2.15. The van der Waals surface area contributed by atoms with Crippen molar-refractivity contribution in [1.82, 2.24) is 5.43 Å². The van der Waals surface area contributed by atoms with Crippen molar-refractivity contribution in [3.63, 3.8) is 0 Å². The zero-order chi connectivity index (χ0) is 17.6. The quantitative estimate of drug-likeness (QED) is 0.565. The number of amides is 1. The van der Waals surface area contributed by atoms with Gasteiger partial charge in [-0.25, -0.2) is 5.43 Å². The van der Waals surface area contributed by atoms with Gasteiger partial charge in [0.2, 0.25) is 5.91 Å². The van der Waals surface area contributed by atoms with Crippen molar-refractivity contribution < 1.29 is 9.53 Å². The van der Waals surface area contributed by atoms with E-state index in [1.165, 1.54) is 0 Å². The molecular weight excluding hydrogens is 312 g/mol. The molecule has 0 aliphatic rings. The zero-order valence-electron chi connectivity index (χ0n) is 14.3. The van der Waals surface area contributed by atoms with Crippen molar-refractivity contribution in [3.05, 3.63) is 77.9 Å². The van der Waals surface area contributed by atoms with Crippen LogP contribution in [0.1, 0.15) is 24.0 Å². The van der Waals surface area contributed by atoms with Gasteiger partial charge in [0.15, 0.2) is 0 Å². The first kappa shape index (κ1) is 16.7. The van der Waals surface area contributed by atoms with Gasteiger partial charge in [-0.3, -0.25) is 4.79 Å². The predicted octanol–water partition coefficient (Wildman–Crippen LogP) is 4.10. The molecule has 0 aliphatic heterocycles. The highest BCUT2D eigenvalue weighted by atomic mass is 16.5. The molecule has 0 radical (unpaired) electrons. The second kappa shape index (κ2) is 7.62. The standard InChI is InChI=1S/C21H20N2O2/c1-15(21(24)23-22-14-16-6-4-3-5-7-16)17-8-9-19-13-20(25-2)11-10-18(19)12-17/h3-15H,1-2H3,(H,23,24)/b22-14+/t15-/m0/s1. The highest BCUT2D eigenvalue weighted by molar-refractivity contribution is 5.89. The van der Waals surface area contributed by atoms with Crippen molar-refractivity contribution in [1.29, 1.82) is 0 Å². The van der Waals surface area contributed by atoms with Gasteiger partial charge in [-0.2, -0.15) is 5.10 Å². The maximum atomic E-state index is 12.3. The van der Waals surface area contributed by atoms with Crippen LogP contribution in [0.5, 0.6) is 5.75 Å². The molecule has 0 bridgehead atoms. The Bertz CT molecular complexity index is 904. The second-order valence-electron chi connectivity index (χ2n) is 5.84. The number of carbonyl (C=O) groups is 1. The average molecular weight is 332 g/mol. The summed E-state index contributed by atoms with van der Waals surface area (Å²) in [7, 11) is 1.65. The predicted molar refractivity (Wildman–Crippen MR) is 101 cm³/mol. The third-order valence-electron chi connectivity index (χ3n) is 4.15. The van der Waals surface area contributed by atoms with Crippen LogP contribution in [-0.4, -0.2) is 19.2 Å². The van der Waals surface area contributed by atoms with Gasteiger partial charge in [0.05, 0.1) is 19.2 Å². The molecule has 0 saturated carbocycles. The van der Waals surface area contributed by atoms with E-state index in [-0.39, 0.29) is 11.8 Å². The van der Waals surface area contributed by atoms with Gasteiger partial charge in [0.1, 0.15) is 5.75 Å². The summed E-state index contributed by atoms with van der Waals surface area (Å²) >= 11 is 0. The van der Waals surface area contributed by atoms with Crippen LogP contribution in [0.2, 0.25) is 0 Å². The normalized spacial score (nSPS) is 12.2. The molecule has 25 heavy (non-hydrogen) atoms. The van der Waals surface area contributed by atoms with Crippen molar-refractivity contribution in [2.45, 2.75) is 12.8 Å². The highest BCUT2D eigenvalue weighted by Crippen LogP contribution is 2.25. The Morgan fingerprint density at radius 3 is 2.52 bits per heavy atom. The number of benzene rings is 3. The molecule has 0 saturated heterocycles. The maximum absolute atomic E-state index is 12.3. The summed E-state index contributed by atoms with van der Waals surface area (Å²) in [6.45, 7) is 1.87. The van der Waals surface area contributed by atoms with Crippen LogP contribution in [0.4, 0.5) is 0 Å². The molecule has 0 aromatic heterocycles. The van der Waals surface area contributed by atoms with Crippen LogP contribution in [0.3, 0.4) is 0 Å². The smallest absolute Gasteiger partial charge is 0.247 e. The summed E-state index contributed by atoms with van der Waals surface area (Å²) in [6.07, 6.45) is 1.64. The summed E-state index contributed by atoms with van der Waals surface area (Å²) in [5.41, 5.74) is 4.50.